The minimum Gasteiger partial charge on any atom is -0.463 e. The molecule has 1 aliphatic heterocycles. The van der Waals surface area contributed by atoms with Gasteiger partial charge in [-0.15, -0.1) is 0 Å². The summed E-state index contributed by atoms with van der Waals surface area (Å²) in [5.74, 6) is -1.99. The topological polar surface area (TPSA) is 149 Å². The molecule has 0 fully saturated rings. The predicted octanol–water partition coefficient (Wildman–Crippen LogP) is 4.60. The van der Waals surface area contributed by atoms with Gasteiger partial charge in [0, 0.05) is 23.1 Å². The van der Waals surface area contributed by atoms with Gasteiger partial charge in [-0.3, -0.25) is 10.1 Å². The first-order valence-electron chi connectivity index (χ1n) is 11.6. The van der Waals surface area contributed by atoms with Gasteiger partial charge in [-0.05, 0) is 51.5 Å². The van der Waals surface area contributed by atoms with Gasteiger partial charge in [-0.1, -0.05) is 24.3 Å². The van der Waals surface area contributed by atoms with Crippen LogP contribution in [0, 0.1) is 10.1 Å². The molecule has 0 atom stereocenters. The molecular weight excluding hydrogens is 480 g/mol. The molecule has 2 aromatic carbocycles. The van der Waals surface area contributed by atoms with Crippen LogP contribution in [0.2, 0.25) is 0 Å². The Hall–Kier alpha value is -4.67. The van der Waals surface area contributed by atoms with E-state index in [2.05, 4.69) is 16.0 Å². The van der Waals surface area contributed by atoms with Gasteiger partial charge in [-0.25, -0.2) is 14.4 Å². The van der Waals surface area contributed by atoms with Crippen LogP contribution in [0.4, 0.5) is 21.9 Å². The number of benzene rings is 2. The molecule has 37 heavy (non-hydrogen) atoms. The number of nitrogens with zero attached hydrogens (tertiary/aromatic N) is 1. The lowest BCUT2D eigenvalue weighted by Gasteiger charge is -2.30. The van der Waals surface area contributed by atoms with Crippen LogP contribution in [0.1, 0.15) is 39.2 Å². The number of carbonyl (C=O) groups excluding carboxylic acids is 3. The summed E-state index contributed by atoms with van der Waals surface area (Å²) in [5, 5.41) is 19.4. The fourth-order valence-corrected chi connectivity index (χ4v) is 4.11. The Labute approximate surface area is 213 Å². The Morgan fingerprint density at radius 2 is 1.51 bits per heavy atom. The summed E-state index contributed by atoms with van der Waals surface area (Å²) in [4.78, 5) is 49.2. The molecule has 2 amide bonds. The summed E-state index contributed by atoms with van der Waals surface area (Å²) in [6.45, 7) is 7.10. The van der Waals surface area contributed by atoms with Crippen LogP contribution in [0.3, 0.4) is 0 Å². The first-order valence-corrected chi connectivity index (χ1v) is 11.6. The second-order valence-corrected chi connectivity index (χ2v) is 8.06. The van der Waals surface area contributed by atoms with Crippen molar-refractivity contribution in [1.29, 1.82) is 0 Å². The smallest absolute Gasteiger partial charge is 0.336 e. The average Bonchev–Trinajstić information content (AvgIpc) is 2.84. The van der Waals surface area contributed by atoms with E-state index in [1.165, 1.54) is 18.2 Å². The summed E-state index contributed by atoms with van der Waals surface area (Å²) in [5.41, 5.74) is 2.21. The van der Waals surface area contributed by atoms with E-state index in [0.717, 1.165) is 0 Å². The van der Waals surface area contributed by atoms with Crippen LogP contribution in [0.5, 0.6) is 0 Å². The van der Waals surface area contributed by atoms with E-state index in [-0.39, 0.29) is 35.7 Å². The third-order valence-corrected chi connectivity index (χ3v) is 5.58. The predicted molar refractivity (Wildman–Crippen MR) is 137 cm³/mol. The van der Waals surface area contributed by atoms with Gasteiger partial charge < -0.3 is 25.4 Å². The molecule has 1 heterocycles. The molecule has 1 aliphatic rings. The van der Waals surface area contributed by atoms with Crippen LogP contribution in [0.15, 0.2) is 71.1 Å². The van der Waals surface area contributed by atoms with E-state index < -0.39 is 28.8 Å². The lowest BCUT2D eigenvalue weighted by Crippen LogP contribution is -2.32. The van der Waals surface area contributed by atoms with Crippen LogP contribution in [0.25, 0.3) is 0 Å². The lowest BCUT2D eigenvalue weighted by atomic mass is 9.80. The van der Waals surface area contributed by atoms with E-state index in [1.807, 2.05) is 0 Å². The number of dihydropyridines is 1. The highest BCUT2D eigenvalue weighted by Gasteiger charge is 2.38. The third-order valence-electron chi connectivity index (χ3n) is 5.58. The van der Waals surface area contributed by atoms with Gasteiger partial charge in [-0.2, -0.15) is 0 Å². The zero-order valence-electron chi connectivity index (χ0n) is 20.9. The molecule has 3 N–H and O–H groups in total. The molecule has 11 nitrogen and oxygen atoms in total. The van der Waals surface area contributed by atoms with Gasteiger partial charge in [0.25, 0.3) is 5.69 Å². The number of nitrogens with one attached hydrogen (secondary N) is 3. The number of rotatable bonds is 8. The molecule has 0 aliphatic carbocycles. The Balaban J connectivity index is 1.98. The fourth-order valence-electron chi connectivity index (χ4n) is 4.11. The van der Waals surface area contributed by atoms with Gasteiger partial charge >= 0.3 is 18.0 Å². The fraction of sp³-hybridized carbons (Fsp3) is 0.269. The summed E-state index contributed by atoms with van der Waals surface area (Å²) in [6, 6.07) is 11.7. The molecule has 0 aromatic heterocycles. The summed E-state index contributed by atoms with van der Waals surface area (Å²) < 4.78 is 10.5. The number of ether oxygens (including phenoxy) is 2. The van der Waals surface area contributed by atoms with Crippen molar-refractivity contribution in [1.82, 2.24) is 5.32 Å². The van der Waals surface area contributed by atoms with Crippen LogP contribution >= 0.6 is 0 Å². The minimum atomic E-state index is -0.820. The monoisotopic (exact) mass is 508 g/mol. The number of carbonyl (C=O) groups is 3. The molecule has 194 valence electrons. The average molecular weight is 509 g/mol. The van der Waals surface area contributed by atoms with Crippen molar-refractivity contribution in [2.75, 3.05) is 23.8 Å². The highest BCUT2D eigenvalue weighted by atomic mass is 16.6. The number of amides is 2. The molecule has 0 radical (unpaired) electrons. The van der Waals surface area contributed by atoms with Crippen molar-refractivity contribution in [2.24, 2.45) is 0 Å². The van der Waals surface area contributed by atoms with Crippen molar-refractivity contribution in [2.45, 2.75) is 33.6 Å². The minimum absolute atomic E-state index is 0.0332. The molecule has 3 rings (SSSR count). The first kappa shape index (κ1) is 26.9. The number of urea groups is 1. The molecule has 0 bridgehead atoms. The van der Waals surface area contributed by atoms with Crippen molar-refractivity contribution in [3.63, 3.8) is 0 Å². The normalized spacial score (nSPS) is 13.5. The quantitative estimate of drug-likeness (QED) is 0.266. The van der Waals surface area contributed by atoms with E-state index in [9.17, 15) is 24.5 Å². The zero-order valence-corrected chi connectivity index (χ0v) is 20.9. The number of esters is 2. The van der Waals surface area contributed by atoms with Crippen molar-refractivity contribution < 1.29 is 28.8 Å². The van der Waals surface area contributed by atoms with Gasteiger partial charge in [0.05, 0.1) is 35.2 Å². The Kier molecular flexibility index (Phi) is 8.62. The largest absolute Gasteiger partial charge is 0.463 e. The highest BCUT2D eigenvalue weighted by Crippen LogP contribution is 2.40. The second-order valence-electron chi connectivity index (χ2n) is 8.06. The summed E-state index contributed by atoms with van der Waals surface area (Å²) in [7, 11) is 0. The SMILES string of the molecule is CCOC(=O)C1=C(C)NC(C)=C(C(=O)OCC)C1c1cccc(NC(=O)Nc2ccccc2[N+](=O)[O-])c1. The maximum atomic E-state index is 12.9. The zero-order chi connectivity index (χ0) is 27.1. The van der Waals surface area contributed by atoms with Crippen molar-refractivity contribution in [3.05, 3.63) is 86.7 Å². The summed E-state index contributed by atoms with van der Waals surface area (Å²) in [6.07, 6.45) is 0. The van der Waals surface area contributed by atoms with Gasteiger partial charge in [0.2, 0.25) is 0 Å². The molecule has 0 saturated heterocycles. The van der Waals surface area contributed by atoms with Crippen molar-refractivity contribution >= 4 is 35.0 Å². The number of allylic oxidation sites excluding steroid dienone is 2. The van der Waals surface area contributed by atoms with E-state index >= 15 is 0 Å². The maximum absolute atomic E-state index is 12.9. The third kappa shape index (κ3) is 6.13. The molecule has 11 heteroatoms. The van der Waals surface area contributed by atoms with Gasteiger partial charge in [0.1, 0.15) is 5.69 Å². The van der Waals surface area contributed by atoms with E-state index in [0.29, 0.717) is 22.6 Å². The standard InChI is InChI=1S/C26H28N4O7/c1-5-36-24(31)21-15(3)27-16(4)22(25(32)37-6-2)23(21)17-10-9-11-18(14-17)28-26(33)29-19-12-7-8-13-20(19)30(34)35/h7-14,23,27H,5-6H2,1-4H3,(H2,28,29,33). The Morgan fingerprint density at radius 3 is 2.08 bits per heavy atom. The number of nitro benzene ring substituents is 1. The number of nitro groups is 1. The summed E-state index contributed by atoms with van der Waals surface area (Å²) >= 11 is 0. The Morgan fingerprint density at radius 1 is 0.919 bits per heavy atom. The second kappa shape index (κ2) is 11.8. The molecule has 0 unspecified atom stereocenters. The number of anilines is 2. The number of para-hydroxylation sites is 2. The van der Waals surface area contributed by atoms with Gasteiger partial charge in [0.15, 0.2) is 0 Å². The van der Waals surface area contributed by atoms with Crippen LogP contribution in [-0.2, 0) is 19.1 Å². The molecular formula is C26H28N4O7. The number of hydrogen-bond acceptors (Lipinski definition) is 8. The van der Waals surface area contributed by atoms with E-state index in [1.54, 1.807) is 58.0 Å². The number of hydrogen-bond donors (Lipinski definition) is 3. The van der Waals surface area contributed by atoms with Crippen molar-refractivity contribution in [3.8, 4) is 0 Å². The van der Waals surface area contributed by atoms with Crippen LogP contribution < -0.4 is 16.0 Å². The Bertz CT molecular complexity index is 1260. The maximum Gasteiger partial charge on any atom is 0.336 e. The molecule has 0 spiro atoms. The van der Waals surface area contributed by atoms with E-state index in [4.69, 9.17) is 9.47 Å². The lowest BCUT2D eigenvalue weighted by molar-refractivity contribution is -0.383. The molecule has 0 saturated carbocycles. The van der Waals surface area contributed by atoms with Crippen LogP contribution in [-0.4, -0.2) is 36.1 Å². The molecule has 2 aromatic rings. The first-order chi connectivity index (χ1) is 17.7. The highest BCUT2D eigenvalue weighted by molar-refractivity contribution is 6.02.